The Kier molecular flexibility index (Phi) is 5.31. The molecule has 1 aromatic rings. The molecule has 0 radical (unpaired) electrons. The Morgan fingerprint density at radius 3 is 2.50 bits per heavy atom. The van der Waals surface area contributed by atoms with E-state index in [4.69, 9.17) is 5.11 Å². The number of rotatable bonds is 6. The molecule has 0 bridgehead atoms. The van der Waals surface area contributed by atoms with Gasteiger partial charge in [-0.3, -0.25) is 0 Å². The Balaban J connectivity index is 2.78. The van der Waals surface area contributed by atoms with E-state index in [0.717, 1.165) is 11.1 Å². The van der Waals surface area contributed by atoms with Gasteiger partial charge in [-0.1, -0.05) is 23.8 Å². The van der Waals surface area contributed by atoms with E-state index in [9.17, 15) is 8.42 Å². The normalized spacial score (nSPS) is 12.1. The second-order valence-electron chi connectivity index (χ2n) is 4.58. The maximum atomic E-state index is 11.9. The van der Waals surface area contributed by atoms with Crippen LogP contribution in [0.3, 0.4) is 0 Å². The molecule has 0 aliphatic heterocycles. The third-order valence-corrected chi connectivity index (χ3v) is 4.81. The summed E-state index contributed by atoms with van der Waals surface area (Å²) in [5.41, 5.74) is 3.27. The second kappa shape index (κ2) is 6.31. The number of aliphatic hydroxyl groups is 1. The lowest BCUT2D eigenvalue weighted by Crippen LogP contribution is -2.29. The van der Waals surface area contributed by atoms with Crippen LogP contribution < -0.4 is 0 Å². The Hall–Kier alpha value is -0.910. The molecule has 18 heavy (non-hydrogen) atoms. The molecule has 102 valence electrons. The lowest BCUT2D eigenvalue weighted by molar-refractivity contribution is 0.294. The zero-order valence-electron chi connectivity index (χ0n) is 11.2. The van der Waals surface area contributed by atoms with Crippen LogP contribution in [0.5, 0.6) is 0 Å². The van der Waals surface area contributed by atoms with Crippen molar-refractivity contribution in [3.05, 3.63) is 34.9 Å². The molecule has 1 aromatic carbocycles. The summed E-state index contributed by atoms with van der Waals surface area (Å²) in [5, 5.41) is 8.69. The van der Waals surface area contributed by atoms with Gasteiger partial charge in [0.2, 0.25) is 10.0 Å². The number of nitrogens with zero attached hydrogens (tertiary/aromatic N) is 1. The Morgan fingerprint density at radius 1 is 1.28 bits per heavy atom. The molecule has 5 heteroatoms. The van der Waals surface area contributed by atoms with Crippen LogP contribution >= 0.6 is 0 Å². The van der Waals surface area contributed by atoms with Crippen LogP contribution in [0, 0.1) is 13.8 Å². The summed E-state index contributed by atoms with van der Waals surface area (Å²) in [6.07, 6.45) is 0.277. The largest absolute Gasteiger partial charge is 0.396 e. The van der Waals surface area contributed by atoms with Crippen molar-refractivity contribution in [2.45, 2.75) is 26.8 Å². The van der Waals surface area contributed by atoms with E-state index in [1.54, 1.807) is 7.05 Å². The molecule has 1 N–H and O–H groups in total. The summed E-state index contributed by atoms with van der Waals surface area (Å²) in [7, 11) is -1.70. The highest BCUT2D eigenvalue weighted by Crippen LogP contribution is 2.14. The van der Waals surface area contributed by atoms with Crippen molar-refractivity contribution in [2.24, 2.45) is 0 Å². The predicted octanol–water partition coefficient (Wildman–Crippen LogP) is 1.45. The standard InChI is InChI=1S/C13H21NO3S/c1-11-5-6-13(12(2)9-11)10-14(3)18(16,17)8-4-7-15/h5-6,9,15H,4,7-8,10H2,1-3H3. The van der Waals surface area contributed by atoms with Crippen molar-refractivity contribution in [2.75, 3.05) is 19.4 Å². The van der Waals surface area contributed by atoms with E-state index < -0.39 is 10.0 Å². The molecule has 0 amide bonds. The summed E-state index contributed by atoms with van der Waals surface area (Å²) < 4.78 is 25.1. The summed E-state index contributed by atoms with van der Waals surface area (Å²) in [4.78, 5) is 0. The lowest BCUT2D eigenvalue weighted by Gasteiger charge is -2.18. The summed E-state index contributed by atoms with van der Waals surface area (Å²) >= 11 is 0. The molecular weight excluding hydrogens is 250 g/mol. The van der Waals surface area contributed by atoms with Crippen molar-refractivity contribution in [3.63, 3.8) is 0 Å². The molecule has 4 nitrogen and oxygen atoms in total. The van der Waals surface area contributed by atoms with Gasteiger partial charge < -0.3 is 5.11 Å². The van der Waals surface area contributed by atoms with Gasteiger partial charge in [0.25, 0.3) is 0 Å². The number of benzene rings is 1. The molecule has 0 saturated heterocycles. The molecule has 0 aliphatic carbocycles. The molecular formula is C13H21NO3S. The summed E-state index contributed by atoms with van der Waals surface area (Å²) in [5.74, 6) is -0.00902. The van der Waals surface area contributed by atoms with Crippen LogP contribution in [-0.4, -0.2) is 37.2 Å². The molecule has 0 aliphatic rings. The van der Waals surface area contributed by atoms with Crippen molar-refractivity contribution in [1.82, 2.24) is 4.31 Å². The Labute approximate surface area is 109 Å². The van der Waals surface area contributed by atoms with Crippen LogP contribution in [0.2, 0.25) is 0 Å². The number of sulfonamides is 1. The highest BCUT2D eigenvalue weighted by atomic mass is 32.2. The highest BCUT2D eigenvalue weighted by molar-refractivity contribution is 7.89. The molecule has 0 aromatic heterocycles. The molecule has 0 unspecified atom stereocenters. The molecule has 0 heterocycles. The van der Waals surface area contributed by atoms with E-state index in [1.165, 1.54) is 9.87 Å². The maximum absolute atomic E-state index is 11.9. The quantitative estimate of drug-likeness (QED) is 0.852. The number of aliphatic hydroxyl groups excluding tert-OH is 1. The van der Waals surface area contributed by atoms with Crippen molar-refractivity contribution in [3.8, 4) is 0 Å². The molecule has 0 atom stereocenters. The maximum Gasteiger partial charge on any atom is 0.214 e. The molecule has 0 saturated carbocycles. The van der Waals surface area contributed by atoms with Crippen LogP contribution in [0.4, 0.5) is 0 Å². The summed E-state index contributed by atoms with van der Waals surface area (Å²) in [6.45, 7) is 4.27. The minimum atomic E-state index is -3.27. The van der Waals surface area contributed by atoms with Crippen LogP contribution in [-0.2, 0) is 16.6 Å². The minimum absolute atomic E-state index is 0.00902. The molecule has 0 fully saturated rings. The van der Waals surface area contributed by atoms with Crippen LogP contribution in [0.15, 0.2) is 18.2 Å². The van der Waals surface area contributed by atoms with Crippen molar-refractivity contribution >= 4 is 10.0 Å². The number of aryl methyl sites for hydroxylation is 2. The zero-order valence-corrected chi connectivity index (χ0v) is 12.0. The number of hydrogen-bond acceptors (Lipinski definition) is 3. The minimum Gasteiger partial charge on any atom is -0.396 e. The lowest BCUT2D eigenvalue weighted by atomic mass is 10.1. The molecule has 0 spiro atoms. The zero-order chi connectivity index (χ0) is 13.8. The van der Waals surface area contributed by atoms with Gasteiger partial charge in [0.15, 0.2) is 0 Å². The fraction of sp³-hybridized carbons (Fsp3) is 0.538. The summed E-state index contributed by atoms with van der Waals surface area (Å²) in [6, 6.07) is 5.99. The van der Waals surface area contributed by atoms with Gasteiger partial charge in [-0.05, 0) is 31.4 Å². The van der Waals surface area contributed by atoms with E-state index in [-0.39, 0.29) is 18.8 Å². The predicted molar refractivity (Wildman–Crippen MR) is 72.9 cm³/mol. The smallest absolute Gasteiger partial charge is 0.214 e. The third kappa shape index (κ3) is 4.08. The monoisotopic (exact) mass is 271 g/mol. The molecule has 1 rings (SSSR count). The third-order valence-electron chi connectivity index (χ3n) is 2.93. The SMILES string of the molecule is Cc1ccc(CN(C)S(=O)(=O)CCCO)c(C)c1. The fourth-order valence-electron chi connectivity index (χ4n) is 1.76. The van der Waals surface area contributed by atoms with E-state index in [0.29, 0.717) is 6.54 Å². The first-order valence-electron chi connectivity index (χ1n) is 5.98. The Morgan fingerprint density at radius 2 is 1.94 bits per heavy atom. The van der Waals surface area contributed by atoms with Crippen LogP contribution in [0.25, 0.3) is 0 Å². The van der Waals surface area contributed by atoms with Gasteiger partial charge >= 0.3 is 0 Å². The van der Waals surface area contributed by atoms with Crippen molar-refractivity contribution < 1.29 is 13.5 Å². The topological polar surface area (TPSA) is 57.6 Å². The fourth-order valence-corrected chi connectivity index (χ4v) is 2.91. The first-order valence-corrected chi connectivity index (χ1v) is 7.59. The van der Waals surface area contributed by atoms with E-state index >= 15 is 0 Å². The van der Waals surface area contributed by atoms with Gasteiger partial charge in [0.1, 0.15) is 0 Å². The number of hydrogen-bond donors (Lipinski definition) is 1. The van der Waals surface area contributed by atoms with E-state index in [2.05, 4.69) is 0 Å². The average Bonchev–Trinajstić information content (AvgIpc) is 2.30. The van der Waals surface area contributed by atoms with E-state index in [1.807, 2.05) is 32.0 Å². The first-order chi connectivity index (χ1) is 8.36. The average molecular weight is 271 g/mol. The van der Waals surface area contributed by atoms with Gasteiger partial charge in [-0.2, -0.15) is 0 Å². The second-order valence-corrected chi connectivity index (χ2v) is 6.77. The first kappa shape index (κ1) is 15.1. The highest BCUT2D eigenvalue weighted by Gasteiger charge is 2.17. The van der Waals surface area contributed by atoms with Crippen molar-refractivity contribution in [1.29, 1.82) is 0 Å². The van der Waals surface area contributed by atoms with Crippen LogP contribution in [0.1, 0.15) is 23.1 Å². The van der Waals surface area contributed by atoms with Gasteiger partial charge in [-0.25, -0.2) is 12.7 Å². The van der Waals surface area contributed by atoms with Gasteiger partial charge in [0, 0.05) is 20.2 Å². The van der Waals surface area contributed by atoms with Gasteiger partial charge in [-0.15, -0.1) is 0 Å². The van der Waals surface area contributed by atoms with Gasteiger partial charge in [0.05, 0.1) is 5.75 Å². The Bertz CT molecular complexity index is 497.